The van der Waals surface area contributed by atoms with Crippen molar-refractivity contribution in [1.82, 2.24) is 14.9 Å². The highest BCUT2D eigenvalue weighted by molar-refractivity contribution is 9.10. The fourth-order valence-corrected chi connectivity index (χ4v) is 4.86. The van der Waals surface area contributed by atoms with Crippen molar-refractivity contribution < 1.29 is 13.2 Å². The molecule has 1 amide bonds. The zero-order chi connectivity index (χ0) is 20.0. The van der Waals surface area contributed by atoms with Crippen LogP contribution >= 0.6 is 15.9 Å². The lowest BCUT2D eigenvalue weighted by atomic mass is 10.0. The standard InChI is InChI=1S/C19H30BrN3O3S/c1-14(2)18(22-27(25,26)17-9-7-16(20)8-10-17)19(24)21-15(3)13-23-11-5-4-6-12-23/h7-10,14-15,18,22H,4-6,11-13H2,1-3H3,(H,21,24)/t15?,18-/m0/s1. The smallest absolute Gasteiger partial charge is 0.241 e. The Morgan fingerprint density at radius 2 is 1.70 bits per heavy atom. The third kappa shape index (κ3) is 6.85. The Bertz CT molecular complexity index is 716. The number of hydrogen-bond donors (Lipinski definition) is 2. The lowest BCUT2D eigenvalue weighted by molar-refractivity contribution is -0.124. The van der Waals surface area contributed by atoms with Crippen LogP contribution in [-0.2, 0) is 14.8 Å². The predicted octanol–water partition coefficient (Wildman–Crippen LogP) is 2.74. The molecule has 0 spiro atoms. The van der Waals surface area contributed by atoms with E-state index in [9.17, 15) is 13.2 Å². The Morgan fingerprint density at radius 1 is 1.11 bits per heavy atom. The van der Waals surface area contributed by atoms with Crippen molar-refractivity contribution in [2.75, 3.05) is 19.6 Å². The van der Waals surface area contributed by atoms with E-state index in [4.69, 9.17) is 0 Å². The van der Waals surface area contributed by atoms with Gasteiger partial charge in [-0.05, 0) is 63.0 Å². The molecule has 27 heavy (non-hydrogen) atoms. The van der Waals surface area contributed by atoms with E-state index in [1.165, 1.54) is 31.4 Å². The first-order valence-corrected chi connectivity index (χ1v) is 11.8. The highest BCUT2D eigenvalue weighted by Gasteiger charge is 2.29. The summed E-state index contributed by atoms with van der Waals surface area (Å²) in [7, 11) is -3.77. The molecule has 152 valence electrons. The van der Waals surface area contributed by atoms with Gasteiger partial charge in [0.2, 0.25) is 15.9 Å². The Kier molecular flexibility index (Phi) is 8.27. The van der Waals surface area contributed by atoms with Gasteiger partial charge in [-0.1, -0.05) is 36.2 Å². The summed E-state index contributed by atoms with van der Waals surface area (Å²) >= 11 is 3.29. The molecule has 1 aliphatic rings. The van der Waals surface area contributed by atoms with E-state index in [0.29, 0.717) is 0 Å². The number of piperidine rings is 1. The van der Waals surface area contributed by atoms with Crippen molar-refractivity contribution >= 4 is 31.9 Å². The topological polar surface area (TPSA) is 78.5 Å². The van der Waals surface area contributed by atoms with E-state index in [-0.39, 0.29) is 22.8 Å². The lowest BCUT2D eigenvalue weighted by Crippen LogP contribution is -2.53. The first-order valence-electron chi connectivity index (χ1n) is 9.49. The molecule has 2 N–H and O–H groups in total. The second-order valence-corrected chi connectivity index (χ2v) is 10.2. The first kappa shape index (κ1) is 22.3. The van der Waals surface area contributed by atoms with Crippen LogP contribution in [0.2, 0.25) is 0 Å². The van der Waals surface area contributed by atoms with Gasteiger partial charge in [0.15, 0.2) is 0 Å². The van der Waals surface area contributed by atoms with E-state index in [1.807, 2.05) is 20.8 Å². The van der Waals surface area contributed by atoms with Crippen LogP contribution in [0.1, 0.15) is 40.0 Å². The summed E-state index contributed by atoms with van der Waals surface area (Å²) < 4.78 is 28.7. The molecule has 2 atom stereocenters. The fraction of sp³-hybridized carbons (Fsp3) is 0.632. The Labute approximate surface area is 171 Å². The number of sulfonamides is 1. The van der Waals surface area contributed by atoms with E-state index in [1.54, 1.807) is 12.1 Å². The summed E-state index contributed by atoms with van der Waals surface area (Å²) in [4.78, 5) is 15.2. The van der Waals surface area contributed by atoms with Gasteiger partial charge in [0, 0.05) is 17.1 Å². The molecule has 6 nitrogen and oxygen atoms in total. The minimum atomic E-state index is -3.77. The van der Waals surface area contributed by atoms with E-state index in [0.717, 1.165) is 24.1 Å². The van der Waals surface area contributed by atoms with Crippen LogP contribution in [0, 0.1) is 5.92 Å². The van der Waals surface area contributed by atoms with Gasteiger partial charge in [0.25, 0.3) is 0 Å². The average molecular weight is 460 g/mol. The number of amides is 1. The van der Waals surface area contributed by atoms with Gasteiger partial charge in [-0.15, -0.1) is 0 Å². The molecule has 1 aromatic carbocycles. The monoisotopic (exact) mass is 459 g/mol. The van der Waals surface area contributed by atoms with Crippen LogP contribution in [0.3, 0.4) is 0 Å². The summed E-state index contributed by atoms with van der Waals surface area (Å²) in [6.45, 7) is 8.55. The molecule has 1 unspecified atom stereocenters. The molecule has 0 radical (unpaired) electrons. The fourth-order valence-electron chi connectivity index (χ4n) is 3.25. The largest absolute Gasteiger partial charge is 0.351 e. The van der Waals surface area contributed by atoms with Crippen LogP contribution in [0.15, 0.2) is 33.6 Å². The number of likely N-dealkylation sites (tertiary alicyclic amines) is 1. The van der Waals surface area contributed by atoms with Gasteiger partial charge in [-0.2, -0.15) is 4.72 Å². The summed E-state index contributed by atoms with van der Waals surface area (Å²) in [6, 6.07) is 5.51. The zero-order valence-corrected chi connectivity index (χ0v) is 18.6. The number of nitrogens with zero attached hydrogens (tertiary/aromatic N) is 1. The van der Waals surface area contributed by atoms with Gasteiger partial charge < -0.3 is 10.2 Å². The number of benzene rings is 1. The minimum absolute atomic E-state index is 0.0333. The van der Waals surface area contributed by atoms with Crippen molar-refractivity contribution in [3.05, 3.63) is 28.7 Å². The second kappa shape index (κ2) is 10.0. The van der Waals surface area contributed by atoms with Crippen LogP contribution in [0.25, 0.3) is 0 Å². The maximum absolute atomic E-state index is 12.7. The molecular formula is C19H30BrN3O3S. The summed E-state index contributed by atoms with van der Waals surface area (Å²) in [5.74, 6) is -0.451. The molecular weight excluding hydrogens is 430 g/mol. The predicted molar refractivity (Wildman–Crippen MR) is 111 cm³/mol. The van der Waals surface area contributed by atoms with Crippen molar-refractivity contribution in [2.45, 2.75) is 57.0 Å². The van der Waals surface area contributed by atoms with E-state index in [2.05, 4.69) is 30.9 Å². The molecule has 8 heteroatoms. The third-order valence-electron chi connectivity index (χ3n) is 4.72. The number of halogens is 1. The van der Waals surface area contributed by atoms with E-state index >= 15 is 0 Å². The SMILES string of the molecule is CC(CN1CCCCC1)NC(=O)[C@@H](NS(=O)(=O)c1ccc(Br)cc1)C(C)C. The van der Waals surface area contributed by atoms with E-state index < -0.39 is 16.1 Å². The highest BCUT2D eigenvalue weighted by atomic mass is 79.9. The molecule has 1 fully saturated rings. The lowest BCUT2D eigenvalue weighted by Gasteiger charge is -2.30. The van der Waals surface area contributed by atoms with Gasteiger partial charge in [-0.25, -0.2) is 8.42 Å². The molecule has 1 heterocycles. The van der Waals surface area contributed by atoms with Crippen molar-refractivity contribution in [1.29, 1.82) is 0 Å². The van der Waals surface area contributed by atoms with Gasteiger partial charge >= 0.3 is 0 Å². The van der Waals surface area contributed by atoms with Crippen molar-refractivity contribution in [3.63, 3.8) is 0 Å². The first-order chi connectivity index (χ1) is 12.7. The minimum Gasteiger partial charge on any atom is -0.351 e. The second-order valence-electron chi connectivity index (χ2n) is 7.57. The van der Waals surface area contributed by atoms with Gasteiger partial charge in [-0.3, -0.25) is 4.79 Å². The van der Waals surface area contributed by atoms with Crippen molar-refractivity contribution in [2.24, 2.45) is 5.92 Å². The Morgan fingerprint density at radius 3 is 2.26 bits per heavy atom. The molecule has 0 aliphatic carbocycles. The van der Waals surface area contributed by atoms with Gasteiger partial charge in [0.1, 0.15) is 6.04 Å². The average Bonchev–Trinajstić information content (AvgIpc) is 2.60. The molecule has 2 rings (SSSR count). The summed E-state index contributed by atoms with van der Waals surface area (Å²) in [5, 5.41) is 2.98. The molecule has 0 aromatic heterocycles. The maximum Gasteiger partial charge on any atom is 0.241 e. The number of carbonyl (C=O) groups excluding carboxylic acids is 1. The molecule has 1 aliphatic heterocycles. The van der Waals surface area contributed by atoms with Crippen LogP contribution in [0.4, 0.5) is 0 Å². The highest BCUT2D eigenvalue weighted by Crippen LogP contribution is 2.16. The molecule has 0 bridgehead atoms. The Hall–Kier alpha value is -0.960. The number of nitrogens with one attached hydrogen (secondary N) is 2. The number of rotatable bonds is 8. The third-order valence-corrected chi connectivity index (χ3v) is 6.71. The van der Waals surface area contributed by atoms with Gasteiger partial charge in [0.05, 0.1) is 4.90 Å². The summed E-state index contributed by atoms with van der Waals surface area (Å²) in [6.07, 6.45) is 3.66. The molecule has 1 saturated heterocycles. The number of carbonyl (C=O) groups is 1. The van der Waals surface area contributed by atoms with Crippen molar-refractivity contribution in [3.8, 4) is 0 Å². The van der Waals surface area contributed by atoms with Crippen LogP contribution in [-0.4, -0.2) is 50.9 Å². The quantitative estimate of drug-likeness (QED) is 0.626. The zero-order valence-electron chi connectivity index (χ0n) is 16.2. The normalized spacial score (nSPS) is 18.3. The Balaban J connectivity index is 2.00. The van der Waals surface area contributed by atoms with Crippen LogP contribution < -0.4 is 10.0 Å². The van der Waals surface area contributed by atoms with Crippen LogP contribution in [0.5, 0.6) is 0 Å². The molecule has 0 saturated carbocycles. The summed E-state index contributed by atoms with van der Waals surface area (Å²) in [5.41, 5.74) is 0. The number of hydrogen-bond acceptors (Lipinski definition) is 4. The maximum atomic E-state index is 12.7. The molecule has 1 aromatic rings.